The summed E-state index contributed by atoms with van der Waals surface area (Å²) in [5.41, 5.74) is 0.501. The Morgan fingerprint density at radius 3 is 2.62 bits per heavy atom. The molecule has 4 nitrogen and oxygen atoms in total. The Morgan fingerprint density at radius 2 is 1.96 bits per heavy atom. The number of anilines is 1. The Morgan fingerprint density at radius 1 is 1.27 bits per heavy atom. The lowest BCUT2D eigenvalue weighted by molar-refractivity contribution is -0.119. The summed E-state index contributed by atoms with van der Waals surface area (Å²) in [7, 11) is 0. The van der Waals surface area contributed by atoms with E-state index in [1.54, 1.807) is 0 Å². The second kappa shape index (κ2) is 8.97. The summed E-state index contributed by atoms with van der Waals surface area (Å²) in [6.07, 6.45) is -0.693. The highest BCUT2D eigenvalue weighted by Gasteiger charge is 2.29. The van der Waals surface area contributed by atoms with Crippen molar-refractivity contribution in [3.8, 4) is 0 Å². The number of β-amino-alcohol motifs (C(OH)–C–C–N with tert-alkyl or cyclic N) is 1. The molecule has 0 aromatic heterocycles. The quantitative estimate of drug-likeness (QED) is 0.855. The van der Waals surface area contributed by atoms with Gasteiger partial charge < -0.3 is 14.9 Å². The highest BCUT2D eigenvalue weighted by atomic mass is 16.3. The van der Waals surface area contributed by atoms with Crippen molar-refractivity contribution in [1.82, 2.24) is 4.90 Å². The van der Waals surface area contributed by atoms with E-state index in [0.717, 1.165) is 10.5 Å². The molecule has 0 bridgehead atoms. The van der Waals surface area contributed by atoms with Crippen molar-refractivity contribution in [3.63, 3.8) is 0 Å². The molecule has 1 heterocycles. The summed E-state index contributed by atoms with van der Waals surface area (Å²) in [6.45, 7) is -1.20. The third-order valence-corrected chi connectivity index (χ3v) is 4.69. The molecule has 1 aliphatic rings. The van der Waals surface area contributed by atoms with E-state index in [9.17, 15) is 9.90 Å². The van der Waals surface area contributed by atoms with Crippen molar-refractivity contribution in [2.45, 2.75) is 38.3 Å². The molecule has 26 heavy (non-hydrogen) atoms. The Balaban J connectivity index is 1.85. The van der Waals surface area contributed by atoms with Crippen LogP contribution in [0.2, 0.25) is 0 Å². The number of benzene rings is 2. The lowest BCUT2D eigenvalue weighted by Crippen LogP contribution is -2.48. The zero-order valence-electron chi connectivity index (χ0n) is 22.5. The number of amides is 1. The van der Waals surface area contributed by atoms with Gasteiger partial charge in [0.2, 0.25) is 5.91 Å². The third-order valence-electron chi connectivity index (χ3n) is 4.69. The number of hydrogen-bond acceptors (Lipinski definition) is 3. The first kappa shape index (κ1) is 10.9. The van der Waals surface area contributed by atoms with Crippen molar-refractivity contribution < 1.29 is 20.9 Å². The molecular weight excluding hydrogens is 324 g/mol. The van der Waals surface area contributed by atoms with Crippen molar-refractivity contribution in [2.75, 3.05) is 24.5 Å². The van der Waals surface area contributed by atoms with Gasteiger partial charge in [0.15, 0.2) is 0 Å². The molecule has 4 heteroatoms. The number of nitrogens with zero attached hydrogens (tertiary/aromatic N) is 2. The molecule has 0 aliphatic carbocycles. The highest BCUT2D eigenvalue weighted by Crippen LogP contribution is 2.25. The number of likely N-dealkylation sites (tertiary alicyclic amines) is 1. The largest absolute Gasteiger partial charge is 0.387 e. The van der Waals surface area contributed by atoms with Crippen LogP contribution in [0.5, 0.6) is 0 Å². The van der Waals surface area contributed by atoms with Gasteiger partial charge in [-0.25, -0.2) is 0 Å². The molecule has 1 amide bonds. The van der Waals surface area contributed by atoms with Crippen LogP contribution in [0.25, 0.3) is 0 Å². The molecule has 3 rings (SSSR count). The Labute approximate surface area is 167 Å². The topological polar surface area (TPSA) is 43.8 Å². The molecular formula is C22H28N2O2. The maximum atomic E-state index is 13.1. The summed E-state index contributed by atoms with van der Waals surface area (Å²) in [5, 5.41) is 10.5. The van der Waals surface area contributed by atoms with E-state index in [-0.39, 0.29) is 5.69 Å². The van der Waals surface area contributed by atoms with Crippen LogP contribution in [-0.2, 0) is 4.79 Å². The van der Waals surface area contributed by atoms with Gasteiger partial charge in [-0.05, 0) is 30.5 Å². The third kappa shape index (κ3) is 4.51. The summed E-state index contributed by atoms with van der Waals surface area (Å²) in [6, 6.07) is 5.89. The van der Waals surface area contributed by atoms with E-state index in [1.165, 1.54) is 0 Å². The van der Waals surface area contributed by atoms with Gasteiger partial charge in [0.25, 0.3) is 0 Å². The van der Waals surface area contributed by atoms with Gasteiger partial charge in [-0.3, -0.25) is 4.79 Å². The fraction of sp³-hybridized carbons (Fsp3) is 0.409. The fourth-order valence-electron chi connectivity index (χ4n) is 3.35. The molecule has 0 spiro atoms. The first-order valence-electron chi connectivity index (χ1n) is 12.7. The monoisotopic (exact) mass is 360 g/mol. The van der Waals surface area contributed by atoms with Crippen LogP contribution in [0.1, 0.15) is 48.7 Å². The minimum absolute atomic E-state index is 0.289. The van der Waals surface area contributed by atoms with Crippen molar-refractivity contribution in [1.29, 1.82) is 0 Å². The maximum Gasteiger partial charge on any atom is 0.226 e. The van der Waals surface area contributed by atoms with Gasteiger partial charge in [-0.15, -0.1) is 0 Å². The van der Waals surface area contributed by atoms with Crippen LogP contribution < -0.4 is 4.90 Å². The molecule has 1 fully saturated rings. The molecule has 0 saturated carbocycles. The first-order valence-corrected chi connectivity index (χ1v) is 8.75. The number of hydrogen-bond donors (Lipinski definition) is 1. The molecule has 1 saturated heterocycles. The summed E-state index contributed by atoms with van der Waals surface area (Å²) in [5.74, 6) is -0.804. The van der Waals surface area contributed by atoms with Gasteiger partial charge in [0.05, 0.1) is 13.0 Å². The summed E-state index contributed by atoms with van der Waals surface area (Å²) < 4.78 is 62.8. The van der Waals surface area contributed by atoms with E-state index in [2.05, 4.69) is 0 Å². The van der Waals surface area contributed by atoms with Crippen molar-refractivity contribution in [3.05, 3.63) is 66.1 Å². The Hall–Kier alpha value is -2.17. The van der Waals surface area contributed by atoms with E-state index < -0.39 is 61.5 Å². The molecule has 138 valence electrons. The SMILES string of the molecule is [2H]c1c([2H])c([2H])c(N(C(=O)CC([2H])([2H])[2H])C2CCN(CC(O)c3ccccc3)CC2)c([2H])c1[2H]. The smallest absolute Gasteiger partial charge is 0.226 e. The minimum atomic E-state index is -2.57. The number of rotatable bonds is 6. The zero-order valence-corrected chi connectivity index (χ0v) is 14.5. The number of carbonyl (C=O) groups excluding carboxylic acids is 1. The van der Waals surface area contributed by atoms with Crippen molar-refractivity contribution in [2.24, 2.45) is 0 Å². The van der Waals surface area contributed by atoms with Crippen LogP contribution >= 0.6 is 0 Å². The second-order valence-corrected chi connectivity index (χ2v) is 6.37. The summed E-state index contributed by atoms with van der Waals surface area (Å²) >= 11 is 0. The second-order valence-electron chi connectivity index (χ2n) is 6.37. The van der Waals surface area contributed by atoms with Gasteiger partial charge >= 0.3 is 0 Å². The molecule has 2 aromatic rings. The van der Waals surface area contributed by atoms with Crippen LogP contribution in [0, 0.1) is 0 Å². The molecule has 0 radical (unpaired) electrons. The average Bonchev–Trinajstić information content (AvgIpc) is 2.79. The Kier molecular flexibility index (Phi) is 3.74. The molecule has 2 aromatic carbocycles. The zero-order chi connectivity index (χ0) is 25.2. The normalized spacial score (nSPS) is 21.9. The average molecular weight is 361 g/mol. The number of aliphatic hydroxyl groups excluding tert-OH is 1. The fourth-order valence-corrected chi connectivity index (χ4v) is 3.35. The molecule has 1 unspecified atom stereocenters. The van der Waals surface area contributed by atoms with E-state index >= 15 is 0 Å². The number of para-hydroxylation sites is 1. The molecule has 1 atom stereocenters. The lowest BCUT2D eigenvalue weighted by Gasteiger charge is -2.39. The van der Waals surface area contributed by atoms with Crippen LogP contribution in [-0.4, -0.2) is 41.6 Å². The minimum Gasteiger partial charge on any atom is -0.387 e. The predicted molar refractivity (Wildman–Crippen MR) is 105 cm³/mol. The molecule has 1 aliphatic heterocycles. The van der Waals surface area contributed by atoms with Crippen LogP contribution in [0.4, 0.5) is 5.69 Å². The number of piperidine rings is 1. The van der Waals surface area contributed by atoms with Crippen LogP contribution in [0.3, 0.4) is 0 Å². The lowest BCUT2D eigenvalue weighted by atomic mass is 10.0. The molecule has 1 N–H and O–H groups in total. The standard InChI is InChI=1S/C22H28N2O2/c1-2-22(26)24(19-11-7-4-8-12-19)20-13-15-23(16-14-20)17-21(25)18-9-5-3-6-10-18/h3-12,20-21,25H,2,13-17H2,1H3/i1D3,4D,7D,8D,11D,12D. The van der Waals surface area contributed by atoms with Crippen LogP contribution in [0.15, 0.2) is 60.5 Å². The predicted octanol–water partition coefficient (Wildman–Crippen LogP) is 3.63. The summed E-state index contributed by atoms with van der Waals surface area (Å²) in [4.78, 5) is 16.2. The first-order chi connectivity index (χ1) is 15.9. The van der Waals surface area contributed by atoms with Gasteiger partial charge in [-0.1, -0.05) is 55.3 Å². The van der Waals surface area contributed by atoms with Gasteiger partial charge in [-0.2, -0.15) is 0 Å². The van der Waals surface area contributed by atoms with E-state index in [0.29, 0.717) is 32.5 Å². The Bertz CT molecular complexity index is 995. The van der Waals surface area contributed by atoms with Crippen molar-refractivity contribution >= 4 is 11.6 Å². The van der Waals surface area contributed by atoms with E-state index in [1.807, 2.05) is 35.2 Å². The van der Waals surface area contributed by atoms with E-state index in [4.69, 9.17) is 11.0 Å². The van der Waals surface area contributed by atoms with Gasteiger partial charge in [0, 0.05) is 41.9 Å². The van der Waals surface area contributed by atoms with Gasteiger partial charge in [0.1, 0.15) is 0 Å². The number of carbonyl (C=O) groups is 1. The maximum absolute atomic E-state index is 13.1. The number of aliphatic hydroxyl groups is 1. The highest BCUT2D eigenvalue weighted by molar-refractivity contribution is 5.93.